The molecule has 0 bridgehead atoms. The molecule has 0 atom stereocenters. The molecule has 1 N–H and O–H groups in total. The van der Waals surface area contributed by atoms with Crippen LogP contribution in [-0.4, -0.2) is 25.0 Å². The number of rotatable bonds is 7. The van der Waals surface area contributed by atoms with E-state index < -0.39 is 5.97 Å². The van der Waals surface area contributed by atoms with Crippen molar-refractivity contribution in [1.82, 2.24) is 5.32 Å². The number of hydrogen-bond donors (Lipinski definition) is 1. The van der Waals surface area contributed by atoms with Gasteiger partial charge in [-0.2, -0.15) is 0 Å². The number of hydrogen-bond acceptors (Lipinski definition) is 3. The molecule has 0 heterocycles. The van der Waals surface area contributed by atoms with Gasteiger partial charge in [-0.25, -0.2) is 0 Å². The predicted molar refractivity (Wildman–Crippen MR) is 94.0 cm³/mol. The smallest absolute Gasteiger partial charge is 0.310 e. The number of aryl methyl sites for hydroxylation is 1. The molecule has 0 aromatic heterocycles. The van der Waals surface area contributed by atoms with Gasteiger partial charge in [0, 0.05) is 11.6 Å². The highest BCUT2D eigenvalue weighted by atomic mass is 35.5. The largest absolute Gasteiger partial charge is 0.455 e. The standard InChI is InChI=1S/C19H20ClNO3/c1-14-4-2-3-5-16(14)12-19(23)24-13-18(22)21-11-10-15-6-8-17(20)9-7-15/h2-9H,10-13H2,1H3,(H,21,22). The van der Waals surface area contributed by atoms with Crippen LogP contribution in [0.3, 0.4) is 0 Å². The fourth-order valence-corrected chi connectivity index (χ4v) is 2.34. The Hall–Kier alpha value is -2.33. The lowest BCUT2D eigenvalue weighted by atomic mass is 10.1. The van der Waals surface area contributed by atoms with Gasteiger partial charge in [-0.05, 0) is 42.2 Å². The number of halogens is 1. The second kappa shape index (κ2) is 9.08. The first-order chi connectivity index (χ1) is 11.5. The number of carbonyl (C=O) groups excluding carboxylic acids is 2. The Labute approximate surface area is 146 Å². The van der Waals surface area contributed by atoms with Crippen molar-refractivity contribution in [1.29, 1.82) is 0 Å². The topological polar surface area (TPSA) is 55.4 Å². The quantitative estimate of drug-likeness (QED) is 0.784. The molecule has 2 aromatic carbocycles. The van der Waals surface area contributed by atoms with Crippen LogP contribution in [0, 0.1) is 6.92 Å². The summed E-state index contributed by atoms with van der Waals surface area (Å²) in [6.45, 7) is 2.16. The van der Waals surface area contributed by atoms with Crippen LogP contribution in [0.25, 0.3) is 0 Å². The van der Waals surface area contributed by atoms with E-state index in [2.05, 4.69) is 5.32 Å². The van der Waals surface area contributed by atoms with E-state index in [9.17, 15) is 9.59 Å². The van der Waals surface area contributed by atoms with E-state index in [1.54, 1.807) is 0 Å². The highest BCUT2D eigenvalue weighted by Crippen LogP contribution is 2.10. The Balaban J connectivity index is 1.66. The molecule has 0 radical (unpaired) electrons. The van der Waals surface area contributed by atoms with E-state index in [1.165, 1.54) is 0 Å². The van der Waals surface area contributed by atoms with Crippen LogP contribution in [0.15, 0.2) is 48.5 Å². The SMILES string of the molecule is Cc1ccccc1CC(=O)OCC(=O)NCCc1ccc(Cl)cc1. The van der Waals surface area contributed by atoms with Gasteiger partial charge in [-0.3, -0.25) is 9.59 Å². The molecule has 4 nitrogen and oxygen atoms in total. The van der Waals surface area contributed by atoms with Gasteiger partial charge in [0.15, 0.2) is 6.61 Å². The first kappa shape index (κ1) is 18.0. The molecule has 5 heteroatoms. The third-order valence-electron chi connectivity index (χ3n) is 3.61. The lowest BCUT2D eigenvalue weighted by Crippen LogP contribution is -2.30. The molecule has 0 saturated heterocycles. The minimum Gasteiger partial charge on any atom is -0.455 e. The fourth-order valence-electron chi connectivity index (χ4n) is 2.21. The highest BCUT2D eigenvalue weighted by Gasteiger charge is 2.09. The van der Waals surface area contributed by atoms with Crippen molar-refractivity contribution in [2.75, 3.05) is 13.2 Å². The van der Waals surface area contributed by atoms with E-state index >= 15 is 0 Å². The van der Waals surface area contributed by atoms with Gasteiger partial charge in [0.25, 0.3) is 5.91 Å². The Morgan fingerprint density at radius 2 is 1.79 bits per heavy atom. The Kier molecular flexibility index (Phi) is 6.82. The summed E-state index contributed by atoms with van der Waals surface area (Å²) in [4.78, 5) is 23.5. The Morgan fingerprint density at radius 1 is 1.08 bits per heavy atom. The molecule has 24 heavy (non-hydrogen) atoms. The molecule has 1 amide bonds. The number of esters is 1. The Bertz CT molecular complexity index is 698. The minimum absolute atomic E-state index is 0.171. The fraction of sp³-hybridized carbons (Fsp3) is 0.263. The maximum absolute atomic E-state index is 11.8. The van der Waals surface area contributed by atoms with Gasteiger partial charge in [0.1, 0.15) is 0 Å². The van der Waals surface area contributed by atoms with Crippen molar-refractivity contribution in [2.24, 2.45) is 0 Å². The molecular weight excluding hydrogens is 326 g/mol. The molecule has 0 aliphatic carbocycles. The van der Waals surface area contributed by atoms with Crippen molar-refractivity contribution in [3.8, 4) is 0 Å². The van der Waals surface area contributed by atoms with E-state index in [1.807, 2.05) is 55.5 Å². The summed E-state index contributed by atoms with van der Waals surface area (Å²) in [7, 11) is 0. The van der Waals surface area contributed by atoms with Crippen LogP contribution in [-0.2, 0) is 27.2 Å². The first-order valence-electron chi connectivity index (χ1n) is 7.76. The van der Waals surface area contributed by atoms with Crippen molar-refractivity contribution in [3.05, 3.63) is 70.2 Å². The lowest BCUT2D eigenvalue weighted by Gasteiger charge is -2.08. The zero-order chi connectivity index (χ0) is 17.4. The lowest BCUT2D eigenvalue weighted by molar-refractivity contribution is -0.147. The number of amides is 1. The van der Waals surface area contributed by atoms with Gasteiger partial charge in [-0.1, -0.05) is 48.0 Å². The van der Waals surface area contributed by atoms with Crippen LogP contribution in [0.4, 0.5) is 0 Å². The monoisotopic (exact) mass is 345 g/mol. The molecule has 0 fully saturated rings. The van der Waals surface area contributed by atoms with Gasteiger partial charge in [-0.15, -0.1) is 0 Å². The van der Waals surface area contributed by atoms with Crippen molar-refractivity contribution in [3.63, 3.8) is 0 Å². The van der Waals surface area contributed by atoms with Gasteiger partial charge in [0.2, 0.25) is 0 Å². The van der Waals surface area contributed by atoms with Gasteiger partial charge in [0.05, 0.1) is 6.42 Å². The Morgan fingerprint density at radius 3 is 2.50 bits per heavy atom. The van der Waals surface area contributed by atoms with Crippen LogP contribution in [0.2, 0.25) is 5.02 Å². The maximum atomic E-state index is 11.8. The second-order valence-electron chi connectivity index (χ2n) is 5.49. The summed E-state index contributed by atoms with van der Waals surface area (Å²) >= 11 is 5.82. The average molecular weight is 346 g/mol. The maximum Gasteiger partial charge on any atom is 0.310 e. The van der Waals surface area contributed by atoms with E-state index in [0.29, 0.717) is 18.0 Å². The molecule has 0 unspecified atom stereocenters. The summed E-state index contributed by atoms with van der Waals surface area (Å²) in [5.41, 5.74) is 3.02. The molecule has 2 rings (SSSR count). The molecule has 2 aromatic rings. The van der Waals surface area contributed by atoms with Crippen LogP contribution < -0.4 is 5.32 Å². The summed E-state index contributed by atoms with van der Waals surface area (Å²) in [6, 6.07) is 15.1. The first-order valence-corrected chi connectivity index (χ1v) is 8.13. The highest BCUT2D eigenvalue weighted by molar-refractivity contribution is 6.30. The van der Waals surface area contributed by atoms with Crippen LogP contribution in [0.1, 0.15) is 16.7 Å². The van der Waals surface area contributed by atoms with Gasteiger partial charge >= 0.3 is 5.97 Å². The summed E-state index contributed by atoms with van der Waals surface area (Å²) in [6.07, 6.45) is 0.866. The molecular formula is C19H20ClNO3. The van der Waals surface area contributed by atoms with Crippen molar-refractivity contribution in [2.45, 2.75) is 19.8 Å². The minimum atomic E-state index is -0.405. The average Bonchev–Trinajstić information content (AvgIpc) is 2.57. The normalized spacial score (nSPS) is 10.2. The third kappa shape index (κ3) is 6.05. The number of benzene rings is 2. The predicted octanol–water partition coefficient (Wildman–Crippen LogP) is 3.09. The van der Waals surface area contributed by atoms with E-state index in [4.69, 9.17) is 16.3 Å². The summed E-state index contributed by atoms with van der Waals surface area (Å²) in [5, 5.41) is 3.41. The van der Waals surface area contributed by atoms with Crippen LogP contribution in [0.5, 0.6) is 0 Å². The summed E-state index contributed by atoms with van der Waals surface area (Å²) < 4.78 is 5.01. The second-order valence-corrected chi connectivity index (χ2v) is 5.93. The molecule has 0 aliphatic heterocycles. The molecule has 0 spiro atoms. The van der Waals surface area contributed by atoms with E-state index in [-0.39, 0.29) is 18.9 Å². The van der Waals surface area contributed by atoms with Crippen molar-refractivity contribution >= 4 is 23.5 Å². The number of carbonyl (C=O) groups is 2. The number of nitrogens with one attached hydrogen (secondary N) is 1. The van der Waals surface area contributed by atoms with E-state index in [0.717, 1.165) is 16.7 Å². The molecule has 126 valence electrons. The van der Waals surface area contributed by atoms with Crippen LogP contribution >= 0.6 is 11.6 Å². The summed E-state index contributed by atoms with van der Waals surface area (Å²) in [5.74, 6) is -0.709. The zero-order valence-corrected chi connectivity index (χ0v) is 14.3. The zero-order valence-electron chi connectivity index (χ0n) is 13.5. The van der Waals surface area contributed by atoms with Gasteiger partial charge < -0.3 is 10.1 Å². The van der Waals surface area contributed by atoms with Crippen molar-refractivity contribution < 1.29 is 14.3 Å². The third-order valence-corrected chi connectivity index (χ3v) is 3.86. The molecule has 0 aliphatic rings. The molecule has 0 saturated carbocycles. The number of ether oxygens (including phenoxy) is 1.